The number of hydrogen-bond acceptors (Lipinski definition) is 7. The number of nitrogens with one attached hydrogen (secondary N) is 2. The summed E-state index contributed by atoms with van der Waals surface area (Å²) in [5.74, 6) is 0.106. The summed E-state index contributed by atoms with van der Waals surface area (Å²) in [4.78, 5) is 22.2. The normalized spacial score (nSPS) is 11.8. The number of hydrogen-bond donors (Lipinski definition) is 3. The number of amides is 1. The molecule has 3 N–H and O–H groups in total. The molecule has 9 nitrogen and oxygen atoms in total. The molecule has 0 aliphatic rings. The highest BCUT2D eigenvalue weighted by molar-refractivity contribution is 5.88. The molecule has 9 heteroatoms. The Hall–Kier alpha value is -3.62. The van der Waals surface area contributed by atoms with Gasteiger partial charge in [-0.3, -0.25) is 14.9 Å². The fourth-order valence-electron chi connectivity index (χ4n) is 2.02. The van der Waals surface area contributed by atoms with Crippen LogP contribution in [0.1, 0.15) is 12.5 Å². The Morgan fingerprint density at radius 3 is 2.62 bits per heavy atom. The summed E-state index contributed by atoms with van der Waals surface area (Å²) in [6.45, 7) is 1.65. The van der Waals surface area contributed by atoms with Crippen molar-refractivity contribution < 1.29 is 19.6 Å². The van der Waals surface area contributed by atoms with Crippen molar-refractivity contribution in [3.63, 3.8) is 0 Å². The lowest BCUT2D eigenvalue weighted by atomic mass is 10.2. The van der Waals surface area contributed by atoms with Gasteiger partial charge in [-0.1, -0.05) is 0 Å². The molecule has 0 spiro atoms. The van der Waals surface area contributed by atoms with E-state index in [9.17, 15) is 20.0 Å². The van der Waals surface area contributed by atoms with Crippen LogP contribution in [-0.4, -0.2) is 35.3 Å². The number of nitro benzene ring substituents is 1. The molecule has 2 rings (SSSR count). The maximum absolute atomic E-state index is 12.0. The van der Waals surface area contributed by atoms with Crippen molar-refractivity contribution in [2.45, 2.75) is 13.0 Å². The number of benzene rings is 2. The molecule has 2 aromatic carbocycles. The lowest BCUT2D eigenvalue weighted by molar-refractivity contribution is -0.384. The van der Waals surface area contributed by atoms with Gasteiger partial charge in [-0.25, -0.2) is 5.43 Å². The minimum atomic E-state index is -0.587. The average Bonchev–Trinajstić information content (AvgIpc) is 2.63. The Morgan fingerprint density at radius 2 is 2.00 bits per heavy atom. The van der Waals surface area contributed by atoms with E-state index in [1.807, 2.05) is 0 Å². The first-order valence-corrected chi connectivity index (χ1v) is 7.61. The van der Waals surface area contributed by atoms with Crippen LogP contribution in [0.25, 0.3) is 0 Å². The van der Waals surface area contributed by atoms with E-state index in [4.69, 9.17) is 4.74 Å². The minimum Gasteiger partial charge on any atom is -0.507 e. The summed E-state index contributed by atoms with van der Waals surface area (Å²) < 4.78 is 5.06. The number of nitrogens with zero attached hydrogens (tertiary/aromatic N) is 2. The molecular weight excluding hydrogens is 340 g/mol. The van der Waals surface area contributed by atoms with Gasteiger partial charge in [-0.05, 0) is 37.3 Å². The SMILES string of the molecule is COc1ccc(NC(C)C(=O)N/N=C/c2cc([N+](=O)[O-])ccc2O)cc1. The monoisotopic (exact) mass is 358 g/mol. The second-order valence-corrected chi connectivity index (χ2v) is 5.33. The summed E-state index contributed by atoms with van der Waals surface area (Å²) >= 11 is 0. The van der Waals surface area contributed by atoms with E-state index in [1.54, 1.807) is 38.3 Å². The molecule has 0 heterocycles. The van der Waals surface area contributed by atoms with Gasteiger partial charge in [-0.2, -0.15) is 5.10 Å². The highest BCUT2D eigenvalue weighted by Gasteiger charge is 2.12. The van der Waals surface area contributed by atoms with E-state index in [2.05, 4.69) is 15.8 Å². The highest BCUT2D eigenvalue weighted by Crippen LogP contribution is 2.21. The Labute approximate surface area is 149 Å². The van der Waals surface area contributed by atoms with Crippen molar-refractivity contribution in [2.24, 2.45) is 5.10 Å². The van der Waals surface area contributed by atoms with Gasteiger partial charge in [0.2, 0.25) is 0 Å². The number of rotatable bonds is 7. The molecule has 0 fully saturated rings. The van der Waals surface area contributed by atoms with Crippen LogP contribution in [0.4, 0.5) is 11.4 Å². The van der Waals surface area contributed by atoms with Gasteiger partial charge >= 0.3 is 0 Å². The fraction of sp³-hybridized carbons (Fsp3) is 0.176. The first kappa shape index (κ1) is 18.7. The molecule has 0 bridgehead atoms. The minimum absolute atomic E-state index is 0.121. The largest absolute Gasteiger partial charge is 0.507 e. The third-order valence-electron chi connectivity index (χ3n) is 3.47. The van der Waals surface area contributed by atoms with Crippen LogP contribution in [0.15, 0.2) is 47.6 Å². The lowest BCUT2D eigenvalue weighted by Crippen LogP contribution is -2.34. The van der Waals surface area contributed by atoms with Crippen molar-refractivity contribution in [1.29, 1.82) is 0 Å². The predicted molar refractivity (Wildman–Crippen MR) is 96.6 cm³/mol. The summed E-state index contributed by atoms with van der Waals surface area (Å²) in [7, 11) is 1.57. The Bertz CT molecular complexity index is 820. The maximum atomic E-state index is 12.0. The van der Waals surface area contributed by atoms with Crippen LogP contribution in [-0.2, 0) is 4.79 Å². The number of anilines is 1. The number of methoxy groups -OCH3 is 1. The molecular formula is C17H18N4O5. The number of ether oxygens (including phenoxy) is 1. The first-order valence-electron chi connectivity index (χ1n) is 7.61. The standard InChI is InChI=1S/C17H18N4O5/c1-11(19-13-3-6-15(26-2)7-4-13)17(23)20-18-10-12-9-14(21(24)25)5-8-16(12)22/h3-11,19,22H,1-2H3,(H,20,23)/b18-10+. The van der Waals surface area contributed by atoms with Crippen molar-refractivity contribution in [1.82, 2.24) is 5.43 Å². The van der Waals surface area contributed by atoms with E-state index in [1.165, 1.54) is 12.1 Å². The first-order chi connectivity index (χ1) is 12.4. The molecule has 0 saturated carbocycles. The van der Waals surface area contributed by atoms with Crippen LogP contribution in [0.2, 0.25) is 0 Å². The van der Waals surface area contributed by atoms with Crippen molar-refractivity contribution in [2.75, 3.05) is 12.4 Å². The molecule has 0 aliphatic heterocycles. The lowest BCUT2D eigenvalue weighted by Gasteiger charge is -2.13. The second-order valence-electron chi connectivity index (χ2n) is 5.33. The molecule has 1 atom stereocenters. The molecule has 0 aromatic heterocycles. The zero-order valence-electron chi connectivity index (χ0n) is 14.2. The maximum Gasteiger partial charge on any atom is 0.270 e. The van der Waals surface area contributed by atoms with E-state index in [0.717, 1.165) is 18.0 Å². The van der Waals surface area contributed by atoms with E-state index < -0.39 is 16.9 Å². The number of aromatic hydroxyl groups is 1. The summed E-state index contributed by atoms with van der Waals surface area (Å²) in [5.41, 5.74) is 2.97. The Balaban J connectivity index is 1.95. The number of carbonyl (C=O) groups excluding carboxylic acids is 1. The van der Waals surface area contributed by atoms with Gasteiger partial charge in [-0.15, -0.1) is 0 Å². The molecule has 26 heavy (non-hydrogen) atoms. The predicted octanol–water partition coefficient (Wildman–Crippen LogP) is 2.26. The van der Waals surface area contributed by atoms with E-state index in [-0.39, 0.29) is 17.0 Å². The smallest absolute Gasteiger partial charge is 0.270 e. The topological polar surface area (TPSA) is 126 Å². The van der Waals surface area contributed by atoms with E-state index >= 15 is 0 Å². The second kappa shape index (κ2) is 8.47. The van der Waals surface area contributed by atoms with Crippen LogP contribution in [0.5, 0.6) is 11.5 Å². The third-order valence-corrected chi connectivity index (χ3v) is 3.47. The summed E-state index contributed by atoms with van der Waals surface area (Å²) in [6, 6.07) is 10.00. The van der Waals surface area contributed by atoms with Crippen LogP contribution in [0, 0.1) is 10.1 Å². The van der Waals surface area contributed by atoms with Gasteiger partial charge in [0.25, 0.3) is 11.6 Å². The molecule has 0 radical (unpaired) electrons. The number of phenolic OH excluding ortho intramolecular Hbond substituents is 1. The number of nitro groups is 1. The Morgan fingerprint density at radius 1 is 1.31 bits per heavy atom. The van der Waals surface area contributed by atoms with Gasteiger partial charge in [0.1, 0.15) is 17.5 Å². The van der Waals surface area contributed by atoms with Gasteiger partial charge in [0, 0.05) is 23.4 Å². The number of hydrazone groups is 1. The number of non-ortho nitro benzene ring substituents is 1. The van der Waals surface area contributed by atoms with E-state index in [0.29, 0.717) is 5.75 Å². The molecule has 1 unspecified atom stereocenters. The molecule has 2 aromatic rings. The van der Waals surface area contributed by atoms with Crippen molar-refractivity contribution >= 4 is 23.5 Å². The van der Waals surface area contributed by atoms with Crippen molar-refractivity contribution in [3.05, 3.63) is 58.1 Å². The third kappa shape index (κ3) is 4.94. The number of phenols is 1. The molecule has 136 valence electrons. The quantitative estimate of drug-likeness (QED) is 0.396. The van der Waals surface area contributed by atoms with Gasteiger partial charge in [0.05, 0.1) is 18.2 Å². The van der Waals surface area contributed by atoms with Crippen LogP contribution < -0.4 is 15.5 Å². The van der Waals surface area contributed by atoms with Gasteiger partial charge in [0.15, 0.2) is 0 Å². The zero-order chi connectivity index (χ0) is 19.1. The summed E-state index contributed by atoms with van der Waals surface area (Å²) in [5, 5.41) is 27.1. The van der Waals surface area contributed by atoms with Crippen LogP contribution in [0.3, 0.4) is 0 Å². The molecule has 0 saturated heterocycles. The van der Waals surface area contributed by atoms with Crippen LogP contribution >= 0.6 is 0 Å². The number of carbonyl (C=O) groups is 1. The fourth-order valence-corrected chi connectivity index (χ4v) is 2.02. The highest BCUT2D eigenvalue weighted by atomic mass is 16.6. The average molecular weight is 358 g/mol. The molecule has 1 amide bonds. The van der Waals surface area contributed by atoms with Gasteiger partial charge < -0.3 is 15.2 Å². The summed E-state index contributed by atoms with van der Waals surface area (Å²) in [6.07, 6.45) is 1.14. The molecule has 0 aliphatic carbocycles. The van der Waals surface area contributed by atoms with Crippen molar-refractivity contribution in [3.8, 4) is 11.5 Å². The Kier molecular flexibility index (Phi) is 6.10. The zero-order valence-corrected chi connectivity index (χ0v) is 14.2.